The molecule has 0 saturated carbocycles. The number of ether oxygens (including phenoxy) is 5. The molecule has 1 aromatic carbocycles. The lowest BCUT2D eigenvalue weighted by Crippen LogP contribution is -2.63. The van der Waals surface area contributed by atoms with Gasteiger partial charge in [0.15, 0.2) is 4.93 Å². The summed E-state index contributed by atoms with van der Waals surface area (Å²) in [5.41, 5.74) is 4.17. The lowest BCUT2D eigenvalue weighted by molar-refractivity contribution is -0.205. The van der Waals surface area contributed by atoms with E-state index in [0.717, 1.165) is 86.6 Å². The summed E-state index contributed by atoms with van der Waals surface area (Å²) >= 11 is 1.79. The molecule has 1 aromatic heterocycles. The third-order valence-electron chi connectivity index (χ3n) is 8.24. The number of hydrogen-bond acceptors (Lipinski definition) is 7. The zero-order chi connectivity index (χ0) is 29.1. The minimum Gasteiger partial charge on any atom is -0.392 e. The first kappa shape index (κ1) is 32.8. The predicted octanol–water partition coefficient (Wildman–Crippen LogP) is 6.87. The van der Waals surface area contributed by atoms with Gasteiger partial charge in [-0.15, -0.1) is 11.8 Å². The van der Waals surface area contributed by atoms with Gasteiger partial charge in [0.2, 0.25) is 0 Å². The van der Waals surface area contributed by atoms with Crippen LogP contribution in [0.2, 0.25) is 0 Å². The average molecular weight is 592 g/mol. The molecule has 2 aliphatic rings. The summed E-state index contributed by atoms with van der Waals surface area (Å²) in [5, 5.41) is 11.3. The Morgan fingerprint density at radius 2 is 1.56 bits per heavy atom. The second kappa shape index (κ2) is 16.6. The summed E-state index contributed by atoms with van der Waals surface area (Å²) in [6.07, 6.45) is 8.26. The molecule has 0 radical (unpaired) electrons. The number of thioether (sulfide) groups is 1. The molecule has 232 valence electrons. The highest BCUT2D eigenvalue weighted by Crippen LogP contribution is 2.55. The molecular formula is C33H53NO6S. The minimum absolute atomic E-state index is 0.0102. The summed E-state index contributed by atoms with van der Waals surface area (Å²) in [6, 6.07) is 6.17. The zero-order valence-electron chi connectivity index (χ0n) is 25.8. The van der Waals surface area contributed by atoms with Gasteiger partial charge < -0.3 is 33.8 Å². The molecule has 0 unspecified atom stereocenters. The summed E-state index contributed by atoms with van der Waals surface area (Å²) in [6.45, 7) is 12.6. The lowest BCUT2D eigenvalue weighted by atomic mass is 9.91. The fraction of sp³-hybridized carbons (Fsp3) is 0.758. The molecule has 1 spiro atoms. The molecule has 2 N–H and O–H groups in total. The number of H-pyrrole nitrogens is 1. The number of unbranched alkanes of at least 4 members (excludes halogenated alkanes) is 4. The number of fused-ring (bicyclic) bond motifs is 4. The van der Waals surface area contributed by atoms with Crippen LogP contribution in [0.25, 0.3) is 10.9 Å². The molecular weight excluding hydrogens is 538 g/mol. The molecule has 4 rings (SSSR count). The molecule has 8 heteroatoms. The number of para-hydroxylation sites is 1. The van der Waals surface area contributed by atoms with E-state index < -0.39 is 4.93 Å². The van der Waals surface area contributed by atoms with Crippen LogP contribution in [0, 0.1) is 0 Å². The van der Waals surface area contributed by atoms with Gasteiger partial charge in [-0.25, -0.2) is 0 Å². The molecule has 3 heterocycles. The summed E-state index contributed by atoms with van der Waals surface area (Å²) in [4.78, 5) is 2.95. The zero-order valence-corrected chi connectivity index (χ0v) is 26.6. The Labute approximate surface area is 251 Å². The largest absolute Gasteiger partial charge is 0.392 e. The molecule has 41 heavy (non-hydrogen) atoms. The van der Waals surface area contributed by atoms with Crippen molar-refractivity contribution in [1.29, 1.82) is 0 Å². The van der Waals surface area contributed by atoms with Gasteiger partial charge in [0, 0.05) is 37.4 Å². The number of hydrogen-bond donors (Lipinski definition) is 2. The molecule has 2 aliphatic heterocycles. The topological polar surface area (TPSA) is 82.2 Å². The van der Waals surface area contributed by atoms with Crippen LogP contribution in [0.4, 0.5) is 0 Å². The predicted molar refractivity (Wildman–Crippen MR) is 167 cm³/mol. The van der Waals surface area contributed by atoms with Crippen molar-refractivity contribution in [3.05, 3.63) is 35.0 Å². The average Bonchev–Trinajstić information content (AvgIpc) is 3.38. The van der Waals surface area contributed by atoms with Crippen molar-refractivity contribution in [2.45, 2.75) is 121 Å². The Kier molecular flexibility index (Phi) is 13.3. The molecule has 1 saturated heterocycles. The van der Waals surface area contributed by atoms with E-state index in [1.54, 1.807) is 11.8 Å². The number of aromatic amines is 1. The van der Waals surface area contributed by atoms with Crippen LogP contribution < -0.4 is 0 Å². The Morgan fingerprint density at radius 3 is 2.24 bits per heavy atom. The normalized spacial score (nSPS) is 26.2. The highest BCUT2D eigenvalue weighted by molar-refractivity contribution is 8.00. The molecule has 2 aromatic rings. The molecule has 5 atom stereocenters. The van der Waals surface area contributed by atoms with E-state index in [2.05, 4.69) is 38.7 Å². The molecule has 7 nitrogen and oxygen atoms in total. The van der Waals surface area contributed by atoms with E-state index in [4.69, 9.17) is 23.7 Å². The molecule has 0 amide bonds. The van der Waals surface area contributed by atoms with Crippen LogP contribution >= 0.6 is 11.8 Å². The van der Waals surface area contributed by atoms with Crippen LogP contribution in [0.15, 0.2) is 18.2 Å². The number of rotatable bonds is 18. The number of aliphatic hydroxyl groups excluding tert-OH is 1. The first-order chi connectivity index (χ1) is 20.1. The Morgan fingerprint density at radius 1 is 0.902 bits per heavy atom. The van der Waals surface area contributed by atoms with Gasteiger partial charge in [0.25, 0.3) is 0 Å². The van der Waals surface area contributed by atoms with Crippen molar-refractivity contribution in [3.8, 4) is 0 Å². The molecule has 0 bridgehead atoms. The minimum atomic E-state index is -0.798. The van der Waals surface area contributed by atoms with Crippen LogP contribution in [0.3, 0.4) is 0 Å². The highest BCUT2D eigenvalue weighted by atomic mass is 32.2. The van der Waals surface area contributed by atoms with E-state index >= 15 is 0 Å². The molecule has 1 fully saturated rings. The second-order valence-electron chi connectivity index (χ2n) is 11.3. The maximum absolute atomic E-state index is 10.1. The SMILES string of the molecule is CCCCOC[C@H]1S[C@]2(OCCc3c2[nH]c2c(CO)cccc32)[C@H](OCCCC)[C@@H](OCCCC)[C@@H]1OCCCC. The Bertz CT molecular complexity index is 1050. The van der Waals surface area contributed by atoms with Crippen LogP contribution in [0.5, 0.6) is 0 Å². The van der Waals surface area contributed by atoms with Gasteiger partial charge in [0.05, 0.1) is 36.3 Å². The summed E-state index contributed by atoms with van der Waals surface area (Å²) in [7, 11) is 0. The van der Waals surface area contributed by atoms with Crippen LogP contribution in [0.1, 0.15) is 95.9 Å². The highest BCUT2D eigenvalue weighted by Gasteiger charge is 2.60. The van der Waals surface area contributed by atoms with E-state index in [0.29, 0.717) is 33.0 Å². The number of nitrogens with one attached hydrogen (secondary N) is 1. The smallest absolute Gasteiger partial charge is 0.183 e. The van der Waals surface area contributed by atoms with E-state index in [9.17, 15) is 5.11 Å². The first-order valence-corrected chi connectivity index (χ1v) is 17.0. The fourth-order valence-corrected chi connectivity index (χ4v) is 7.68. The standard InChI is InChI=1S/C33H53NO6S/c1-5-9-17-36-23-27-29(37-18-10-6-2)30(38-19-11-7-3)32(39-20-12-8-4)33(41-27)31-26(16-21-40-33)25-15-13-14-24(22-35)28(25)34-31/h13-15,27,29-30,32,34-35H,5-12,16-23H2,1-4H3/t27-,29-,30+,32-,33+/m1/s1. The molecule has 0 aliphatic carbocycles. The fourth-order valence-electron chi connectivity index (χ4n) is 5.92. The number of aliphatic hydroxyl groups is 1. The maximum atomic E-state index is 10.1. The van der Waals surface area contributed by atoms with Crippen LogP contribution in [-0.2, 0) is 41.6 Å². The summed E-state index contributed by atoms with van der Waals surface area (Å²) < 4.78 is 33.5. The van der Waals surface area contributed by atoms with Gasteiger partial charge in [-0.1, -0.05) is 71.6 Å². The third kappa shape index (κ3) is 7.51. The van der Waals surface area contributed by atoms with Crippen LogP contribution in [-0.4, -0.2) is 73.3 Å². The van der Waals surface area contributed by atoms with Crippen molar-refractivity contribution in [1.82, 2.24) is 4.98 Å². The summed E-state index contributed by atoms with van der Waals surface area (Å²) in [5.74, 6) is 0. The quantitative estimate of drug-likeness (QED) is 0.183. The third-order valence-corrected chi connectivity index (χ3v) is 9.85. The monoisotopic (exact) mass is 591 g/mol. The van der Waals surface area contributed by atoms with Gasteiger partial charge in [-0.3, -0.25) is 0 Å². The Balaban J connectivity index is 1.81. The maximum Gasteiger partial charge on any atom is 0.183 e. The van der Waals surface area contributed by atoms with Gasteiger partial charge in [0.1, 0.15) is 18.3 Å². The van der Waals surface area contributed by atoms with Crippen molar-refractivity contribution < 1.29 is 28.8 Å². The van der Waals surface area contributed by atoms with Gasteiger partial charge in [-0.2, -0.15) is 0 Å². The second-order valence-corrected chi connectivity index (χ2v) is 12.8. The number of benzene rings is 1. The number of aromatic nitrogens is 1. The Hall–Kier alpha value is -1.13. The van der Waals surface area contributed by atoms with Gasteiger partial charge >= 0.3 is 0 Å². The van der Waals surface area contributed by atoms with Gasteiger partial charge in [-0.05, 0) is 37.7 Å². The lowest BCUT2D eigenvalue weighted by Gasteiger charge is -2.53. The van der Waals surface area contributed by atoms with E-state index in [-0.39, 0.29) is 30.2 Å². The van der Waals surface area contributed by atoms with Crippen molar-refractivity contribution in [3.63, 3.8) is 0 Å². The first-order valence-electron chi connectivity index (χ1n) is 16.1. The van der Waals surface area contributed by atoms with Crippen molar-refractivity contribution in [2.24, 2.45) is 0 Å². The van der Waals surface area contributed by atoms with E-state index in [1.165, 1.54) is 5.56 Å². The van der Waals surface area contributed by atoms with E-state index in [1.807, 2.05) is 12.1 Å². The van der Waals surface area contributed by atoms with Crippen molar-refractivity contribution in [2.75, 3.05) is 39.6 Å². The van der Waals surface area contributed by atoms with Crippen molar-refractivity contribution >= 4 is 22.7 Å².